The van der Waals surface area contributed by atoms with Crippen LogP contribution in [0.4, 0.5) is 0 Å². The van der Waals surface area contributed by atoms with E-state index in [1.165, 1.54) is 6.92 Å². The van der Waals surface area contributed by atoms with Gasteiger partial charge in [0.25, 0.3) is 0 Å². The average Bonchev–Trinajstić information content (AvgIpc) is 3.08. The number of cyclic esters (lactones) is 1. The minimum Gasteiger partial charge on any atom is -0.459 e. The van der Waals surface area contributed by atoms with E-state index in [9.17, 15) is 19.8 Å². The number of nitrogens with zero attached hydrogens (tertiary/aromatic N) is 1. The number of ether oxygens (including phenoxy) is 2. The average molecular weight is 351 g/mol. The van der Waals surface area contributed by atoms with Gasteiger partial charge in [-0.05, 0) is 31.8 Å². The molecule has 0 bridgehead atoms. The van der Waals surface area contributed by atoms with Crippen LogP contribution in [-0.2, 0) is 19.1 Å². The third-order valence-corrected chi connectivity index (χ3v) is 5.60. The molecule has 0 unspecified atom stereocenters. The van der Waals surface area contributed by atoms with Gasteiger partial charge in [-0.15, -0.1) is 0 Å². The second-order valence-corrected chi connectivity index (χ2v) is 7.26. The first-order valence-electron chi connectivity index (χ1n) is 8.62. The molecule has 0 aromatic heterocycles. The smallest absolute Gasteiger partial charge is 0.338 e. The minimum absolute atomic E-state index is 0.0140. The van der Waals surface area contributed by atoms with Crippen molar-refractivity contribution in [2.24, 2.45) is 5.92 Å². The van der Waals surface area contributed by atoms with Crippen molar-refractivity contribution in [2.75, 3.05) is 19.7 Å². The maximum atomic E-state index is 12.6. The Kier molecular flexibility index (Phi) is 4.74. The van der Waals surface area contributed by atoms with Gasteiger partial charge in [-0.25, -0.2) is 9.59 Å². The van der Waals surface area contributed by atoms with Crippen LogP contribution in [0, 0.1) is 5.92 Å². The Labute approximate surface area is 146 Å². The van der Waals surface area contributed by atoms with E-state index < -0.39 is 35.7 Å². The van der Waals surface area contributed by atoms with Crippen LogP contribution in [0.1, 0.15) is 27.2 Å². The topological polar surface area (TPSA) is 96.3 Å². The monoisotopic (exact) mass is 351 g/mol. The summed E-state index contributed by atoms with van der Waals surface area (Å²) in [4.78, 5) is 26.9. The number of hydrogen-bond donors (Lipinski definition) is 2. The van der Waals surface area contributed by atoms with Gasteiger partial charge in [-0.1, -0.05) is 19.1 Å². The zero-order valence-electron chi connectivity index (χ0n) is 14.8. The number of aliphatic hydroxyl groups excluding tert-OH is 1. The van der Waals surface area contributed by atoms with Gasteiger partial charge < -0.3 is 19.7 Å². The molecule has 0 aliphatic carbocycles. The molecule has 0 saturated carbocycles. The number of carbonyl (C=O) groups excluding carboxylic acids is 2. The fourth-order valence-corrected chi connectivity index (χ4v) is 3.70. The third kappa shape index (κ3) is 3.12. The van der Waals surface area contributed by atoms with Crippen molar-refractivity contribution in [1.29, 1.82) is 0 Å². The predicted molar refractivity (Wildman–Crippen MR) is 88.5 cm³/mol. The summed E-state index contributed by atoms with van der Waals surface area (Å²) >= 11 is 0. The van der Waals surface area contributed by atoms with Gasteiger partial charge in [0.15, 0.2) is 5.60 Å². The Morgan fingerprint density at radius 1 is 1.40 bits per heavy atom. The lowest BCUT2D eigenvalue weighted by molar-refractivity contribution is -0.169. The molecular weight excluding hydrogens is 326 g/mol. The number of allylic oxidation sites excluding steroid dienone is 1. The maximum absolute atomic E-state index is 12.6. The summed E-state index contributed by atoms with van der Waals surface area (Å²) in [6.07, 6.45) is 2.25. The van der Waals surface area contributed by atoms with Crippen LogP contribution in [0.3, 0.4) is 0 Å². The van der Waals surface area contributed by atoms with Crippen LogP contribution in [0.5, 0.6) is 0 Å². The first-order valence-corrected chi connectivity index (χ1v) is 8.62. The van der Waals surface area contributed by atoms with E-state index in [1.807, 2.05) is 11.0 Å². The van der Waals surface area contributed by atoms with E-state index in [0.717, 1.165) is 5.57 Å². The molecule has 0 amide bonds. The Balaban J connectivity index is 1.94. The highest BCUT2D eigenvalue weighted by atomic mass is 16.6. The third-order valence-electron chi connectivity index (χ3n) is 5.60. The molecule has 5 atom stereocenters. The maximum Gasteiger partial charge on any atom is 0.338 e. The zero-order chi connectivity index (χ0) is 18.4. The van der Waals surface area contributed by atoms with Crippen molar-refractivity contribution in [1.82, 2.24) is 4.90 Å². The Morgan fingerprint density at radius 2 is 2.12 bits per heavy atom. The van der Waals surface area contributed by atoms with Gasteiger partial charge in [0.1, 0.15) is 18.8 Å². The Morgan fingerprint density at radius 3 is 2.80 bits per heavy atom. The summed E-state index contributed by atoms with van der Waals surface area (Å²) in [5.41, 5.74) is -0.551. The van der Waals surface area contributed by atoms with Crippen molar-refractivity contribution in [3.8, 4) is 0 Å². The fourth-order valence-electron chi connectivity index (χ4n) is 3.70. The van der Waals surface area contributed by atoms with Crippen LogP contribution < -0.4 is 0 Å². The lowest BCUT2D eigenvalue weighted by atomic mass is 9.85. The molecule has 138 valence electrons. The van der Waals surface area contributed by atoms with E-state index in [0.29, 0.717) is 18.7 Å². The summed E-state index contributed by atoms with van der Waals surface area (Å²) in [5.74, 6) is -1.76. The molecule has 7 heteroatoms. The Hall–Kier alpha value is -1.70. The predicted octanol–water partition coefficient (Wildman–Crippen LogP) is 0.164. The SMILES string of the molecule is C/C=C1/C[C@@H](C)[C@](C)(O)C(=O)OCC2=CCN3C[C@@H](O)[C@@H](OC1=O)[C@@H]23. The molecule has 7 nitrogen and oxygen atoms in total. The number of hydrogen-bond acceptors (Lipinski definition) is 7. The highest BCUT2D eigenvalue weighted by molar-refractivity contribution is 5.89. The molecule has 0 aromatic carbocycles. The second-order valence-electron chi connectivity index (χ2n) is 7.26. The van der Waals surface area contributed by atoms with E-state index >= 15 is 0 Å². The number of rotatable bonds is 0. The van der Waals surface area contributed by atoms with Crippen LogP contribution in [0.2, 0.25) is 0 Å². The largest absolute Gasteiger partial charge is 0.459 e. The summed E-state index contributed by atoms with van der Waals surface area (Å²) in [6, 6.07) is -0.299. The van der Waals surface area contributed by atoms with Crippen molar-refractivity contribution in [2.45, 2.75) is 51.0 Å². The fraction of sp³-hybridized carbons (Fsp3) is 0.667. The molecule has 2 saturated heterocycles. The molecule has 25 heavy (non-hydrogen) atoms. The van der Waals surface area contributed by atoms with Crippen molar-refractivity contribution < 1.29 is 29.3 Å². The van der Waals surface area contributed by atoms with Gasteiger partial charge in [0.05, 0.1) is 6.04 Å². The van der Waals surface area contributed by atoms with Gasteiger partial charge >= 0.3 is 11.9 Å². The molecule has 3 rings (SSSR count). The molecule has 3 heterocycles. The molecule has 2 N–H and O–H groups in total. The highest BCUT2D eigenvalue weighted by Crippen LogP contribution is 2.34. The van der Waals surface area contributed by atoms with Crippen LogP contribution in [0.25, 0.3) is 0 Å². The van der Waals surface area contributed by atoms with E-state index in [2.05, 4.69) is 0 Å². The molecular formula is C18H25NO6. The van der Waals surface area contributed by atoms with Crippen molar-refractivity contribution in [3.05, 3.63) is 23.3 Å². The molecule has 3 aliphatic rings. The normalized spacial score (nSPS) is 41.5. The minimum atomic E-state index is -1.71. The van der Waals surface area contributed by atoms with Gasteiger partial charge in [-0.2, -0.15) is 0 Å². The van der Waals surface area contributed by atoms with Gasteiger partial charge in [-0.3, -0.25) is 4.90 Å². The zero-order valence-corrected chi connectivity index (χ0v) is 14.8. The summed E-state index contributed by atoms with van der Waals surface area (Å²) in [6.45, 7) is 5.82. The number of aliphatic hydroxyl groups is 2. The van der Waals surface area contributed by atoms with E-state index in [4.69, 9.17) is 9.47 Å². The van der Waals surface area contributed by atoms with Crippen molar-refractivity contribution in [3.63, 3.8) is 0 Å². The molecule has 3 aliphatic heterocycles. The number of esters is 2. The van der Waals surface area contributed by atoms with Crippen molar-refractivity contribution >= 4 is 11.9 Å². The lowest BCUT2D eigenvalue weighted by Gasteiger charge is -2.31. The first-order chi connectivity index (χ1) is 11.8. The lowest BCUT2D eigenvalue weighted by Crippen LogP contribution is -2.45. The first kappa shape index (κ1) is 18.1. The van der Waals surface area contributed by atoms with E-state index in [-0.39, 0.29) is 19.1 Å². The molecule has 2 fully saturated rings. The van der Waals surface area contributed by atoms with Gasteiger partial charge in [0.2, 0.25) is 0 Å². The number of carbonyl (C=O) groups is 2. The summed E-state index contributed by atoms with van der Waals surface area (Å²) in [7, 11) is 0. The van der Waals surface area contributed by atoms with E-state index in [1.54, 1.807) is 19.9 Å². The second kappa shape index (κ2) is 6.55. The highest BCUT2D eigenvalue weighted by Gasteiger charge is 2.49. The molecule has 0 radical (unpaired) electrons. The standard InChI is InChI=1S/C18H25NO6/c1-4-11-7-10(2)18(3,23)17(22)24-9-12-5-6-19-8-13(20)15(14(12)19)25-16(11)21/h4-5,10,13-15,20,23H,6-9H2,1-3H3/b11-4-/t10-,13-,14-,15-,18+/m1/s1. The van der Waals surface area contributed by atoms with Crippen LogP contribution in [0.15, 0.2) is 23.3 Å². The molecule has 0 aromatic rings. The van der Waals surface area contributed by atoms with Crippen LogP contribution in [-0.4, -0.2) is 70.6 Å². The van der Waals surface area contributed by atoms with Gasteiger partial charge in [0, 0.05) is 18.7 Å². The molecule has 0 spiro atoms. The quantitative estimate of drug-likeness (QED) is 0.365. The summed E-state index contributed by atoms with van der Waals surface area (Å²) in [5, 5.41) is 20.9. The van der Waals surface area contributed by atoms with Crippen LogP contribution >= 0.6 is 0 Å². The summed E-state index contributed by atoms with van der Waals surface area (Å²) < 4.78 is 11.0. The Bertz CT molecular complexity index is 637.